The van der Waals surface area contributed by atoms with Gasteiger partial charge in [-0.1, -0.05) is 211 Å². The first kappa shape index (κ1) is 55.4. The van der Waals surface area contributed by atoms with Crippen LogP contribution in [0.3, 0.4) is 0 Å². The molecule has 0 N–H and O–H groups in total. The number of allylic oxidation sites excluding steroid dienone is 8. The number of carbonyl (C=O) groups is 3. The lowest BCUT2D eigenvalue weighted by Crippen LogP contribution is -2.30. The van der Waals surface area contributed by atoms with Crippen molar-refractivity contribution in [3.05, 3.63) is 48.6 Å². The topological polar surface area (TPSA) is 78.9 Å². The molecule has 0 aromatic carbocycles. The van der Waals surface area contributed by atoms with E-state index in [1.807, 2.05) is 6.08 Å². The molecule has 1 unspecified atom stereocenters. The molecule has 0 radical (unpaired) electrons. The minimum Gasteiger partial charge on any atom is -0.462 e. The average molecular weight is 813 g/mol. The van der Waals surface area contributed by atoms with Crippen LogP contribution in [0.4, 0.5) is 0 Å². The molecule has 6 nitrogen and oxygen atoms in total. The average Bonchev–Trinajstić information content (AvgIpc) is 3.22. The molecule has 0 heterocycles. The molecule has 0 aliphatic rings. The minimum atomic E-state index is -0.805. The van der Waals surface area contributed by atoms with Crippen LogP contribution in [0.5, 0.6) is 0 Å². The monoisotopic (exact) mass is 813 g/mol. The fourth-order valence-electron chi connectivity index (χ4n) is 6.84. The van der Waals surface area contributed by atoms with Gasteiger partial charge in [-0.25, -0.2) is 0 Å². The summed E-state index contributed by atoms with van der Waals surface area (Å²) in [4.78, 5) is 37.7. The highest BCUT2D eigenvalue weighted by atomic mass is 16.6. The van der Waals surface area contributed by atoms with Gasteiger partial charge in [0, 0.05) is 19.3 Å². The van der Waals surface area contributed by atoms with Gasteiger partial charge in [-0.2, -0.15) is 0 Å². The Labute approximate surface area is 358 Å². The molecule has 0 aliphatic carbocycles. The molecule has 6 heteroatoms. The molecule has 0 fully saturated rings. The van der Waals surface area contributed by atoms with Crippen molar-refractivity contribution in [2.75, 3.05) is 13.2 Å². The van der Waals surface area contributed by atoms with Crippen LogP contribution < -0.4 is 0 Å². The van der Waals surface area contributed by atoms with Crippen LogP contribution >= 0.6 is 0 Å². The van der Waals surface area contributed by atoms with Crippen molar-refractivity contribution in [3.8, 4) is 0 Å². The number of rotatable bonds is 44. The zero-order chi connectivity index (χ0) is 42.3. The zero-order valence-electron chi connectivity index (χ0n) is 38.3. The minimum absolute atomic E-state index is 0.0993. The van der Waals surface area contributed by atoms with Crippen molar-refractivity contribution in [2.45, 2.75) is 252 Å². The van der Waals surface area contributed by atoms with Gasteiger partial charge in [0.2, 0.25) is 0 Å². The molecule has 0 bridgehead atoms. The Morgan fingerprint density at radius 3 is 1.12 bits per heavy atom. The van der Waals surface area contributed by atoms with Gasteiger partial charge in [-0.3, -0.25) is 14.4 Å². The van der Waals surface area contributed by atoms with Gasteiger partial charge in [0.25, 0.3) is 0 Å². The van der Waals surface area contributed by atoms with Crippen LogP contribution in [0.15, 0.2) is 48.6 Å². The Morgan fingerprint density at radius 2 is 0.707 bits per heavy atom. The van der Waals surface area contributed by atoms with E-state index in [1.165, 1.54) is 128 Å². The number of unbranched alkanes of at least 4 members (excludes halogenated alkanes) is 26. The van der Waals surface area contributed by atoms with E-state index in [0.29, 0.717) is 19.3 Å². The third-order valence-electron chi connectivity index (χ3n) is 10.6. The largest absolute Gasteiger partial charge is 0.462 e. The summed E-state index contributed by atoms with van der Waals surface area (Å²) in [6.07, 6.45) is 55.4. The normalized spacial score (nSPS) is 12.4. The van der Waals surface area contributed by atoms with Crippen molar-refractivity contribution >= 4 is 17.9 Å². The summed E-state index contributed by atoms with van der Waals surface area (Å²) >= 11 is 0. The Kier molecular flexibility index (Phi) is 44.9. The molecule has 0 aliphatic heterocycles. The van der Waals surface area contributed by atoms with Crippen LogP contribution in [0.25, 0.3) is 0 Å². The first-order valence-corrected chi connectivity index (χ1v) is 24.7. The van der Waals surface area contributed by atoms with E-state index in [4.69, 9.17) is 14.2 Å². The molecule has 0 saturated carbocycles. The molecular formula is C52H92O6. The maximum Gasteiger partial charge on any atom is 0.306 e. The van der Waals surface area contributed by atoms with Gasteiger partial charge in [0.1, 0.15) is 13.2 Å². The van der Waals surface area contributed by atoms with E-state index in [-0.39, 0.29) is 37.5 Å². The number of ether oxygens (including phenoxy) is 3. The summed E-state index contributed by atoms with van der Waals surface area (Å²) in [6, 6.07) is 0. The molecule has 336 valence electrons. The van der Waals surface area contributed by atoms with Crippen molar-refractivity contribution in [2.24, 2.45) is 0 Å². The molecule has 58 heavy (non-hydrogen) atoms. The van der Waals surface area contributed by atoms with Crippen LogP contribution in [0.2, 0.25) is 0 Å². The predicted molar refractivity (Wildman–Crippen MR) is 247 cm³/mol. The Balaban J connectivity index is 4.40. The van der Waals surface area contributed by atoms with E-state index in [0.717, 1.165) is 70.6 Å². The van der Waals surface area contributed by atoms with E-state index in [9.17, 15) is 14.4 Å². The molecule has 1 atom stereocenters. The van der Waals surface area contributed by atoms with Crippen LogP contribution in [0.1, 0.15) is 245 Å². The van der Waals surface area contributed by atoms with Gasteiger partial charge >= 0.3 is 17.9 Å². The Bertz CT molecular complexity index is 1030. The highest BCUT2D eigenvalue weighted by molar-refractivity contribution is 5.71. The van der Waals surface area contributed by atoms with Gasteiger partial charge < -0.3 is 14.2 Å². The van der Waals surface area contributed by atoms with E-state index in [1.54, 1.807) is 0 Å². The summed E-state index contributed by atoms with van der Waals surface area (Å²) in [5.74, 6) is -0.983. The van der Waals surface area contributed by atoms with Gasteiger partial charge in [-0.05, 0) is 64.2 Å². The maximum absolute atomic E-state index is 12.7. The third kappa shape index (κ3) is 44.5. The SMILES string of the molecule is CCCCCCCC/C=C\C/C=C\CCC(=O)OC(COC(=O)CCCCCCC/C=C\C=C/CCCCCCCCC)COC(=O)CCCCCCCCCCC. The predicted octanol–water partition coefficient (Wildman–Crippen LogP) is 15.9. The van der Waals surface area contributed by atoms with Crippen LogP contribution in [-0.2, 0) is 28.6 Å². The lowest BCUT2D eigenvalue weighted by molar-refractivity contribution is -0.166. The van der Waals surface area contributed by atoms with E-state index < -0.39 is 6.10 Å². The van der Waals surface area contributed by atoms with Crippen LogP contribution in [-0.4, -0.2) is 37.2 Å². The fourth-order valence-corrected chi connectivity index (χ4v) is 6.84. The van der Waals surface area contributed by atoms with Crippen molar-refractivity contribution in [1.29, 1.82) is 0 Å². The van der Waals surface area contributed by atoms with Crippen LogP contribution in [0, 0.1) is 0 Å². The Hall–Kier alpha value is -2.63. The second-order valence-corrected chi connectivity index (χ2v) is 16.4. The Morgan fingerprint density at radius 1 is 0.362 bits per heavy atom. The maximum atomic E-state index is 12.7. The summed E-state index contributed by atoms with van der Waals surface area (Å²) < 4.78 is 16.6. The molecule has 0 spiro atoms. The standard InChI is InChI=1S/C52H92O6/c1-4-7-10-13-16-19-21-23-24-25-26-27-29-30-33-36-39-42-45-51(54)57-48-49(47-56-50(53)44-41-38-35-32-18-15-12-9-6-3)58-52(55)46-43-40-37-34-31-28-22-20-17-14-11-8-5-2/h24-28,31,37,40,49H,4-23,29-30,32-36,38-39,41-48H2,1-3H3/b25-24-,27-26-,31-28-,40-37-. The molecule has 0 amide bonds. The molecule has 0 aromatic rings. The molecule has 0 rings (SSSR count). The lowest BCUT2D eigenvalue weighted by Gasteiger charge is -2.18. The number of carbonyl (C=O) groups excluding carboxylic acids is 3. The quantitative estimate of drug-likeness (QED) is 0.0200. The number of hydrogen-bond acceptors (Lipinski definition) is 6. The van der Waals surface area contributed by atoms with Gasteiger partial charge in [0.15, 0.2) is 6.10 Å². The number of hydrogen-bond donors (Lipinski definition) is 0. The third-order valence-corrected chi connectivity index (χ3v) is 10.6. The van der Waals surface area contributed by atoms with Crippen molar-refractivity contribution < 1.29 is 28.6 Å². The molecule has 0 saturated heterocycles. The summed E-state index contributed by atoms with van der Waals surface area (Å²) in [6.45, 7) is 6.54. The van der Waals surface area contributed by atoms with Gasteiger partial charge in [0.05, 0.1) is 0 Å². The molecule has 0 aromatic heterocycles. The van der Waals surface area contributed by atoms with E-state index in [2.05, 4.69) is 63.3 Å². The smallest absolute Gasteiger partial charge is 0.306 e. The fraction of sp³-hybridized carbons (Fsp3) is 0.788. The summed E-state index contributed by atoms with van der Waals surface area (Å²) in [5.41, 5.74) is 0. The second-order valence-electron chi connectivity index (χ2n) is 16.4. The second kappa shape index (κ2) is 47.1. The first-order valence-electron chi connectivity index (χ1n) is 24.7. The highest BCUT2D eigenvalue weighted by Crippen LogP contribution is 2.13. The number of esters is 3. The van der Waals surface area contributed by atoms with Crippen molar-refractivity contribution in [1.82, 2.24) is 0 Å². The molecular weight excluding hydrogens is 721 g/mol. The summed E-state index contributed by atoms with van der Waals surface area (Å²) in [5, 5.41) is 0. The summed E-state index contributed by atoms with van der Waals surface area (Å²) in [7, 11) is 0. The van der Waals surface area contributed by atoms with E-state index >= 15 is 0 Å². The first-order chi connectivity index (χ1) is 28.5. The highest BCUT2D eigenvalue weighted by Gasteiger charge is 2.19. The zero-order valence-corrected chi connectivity index (χ0v) is 38.3. The van der Waals surface area contributed by atoms with Crippen molar-refractivity contribution in [3.63, 3.8) is 0 Å². The lowest BCUT2D eigenvalue weighted by atomic mass is 10.1. The van der Waals surface area contributed by atoms with Gasteiger partial charge in [-0.15, -0.1) is 0 Å².